The monoisotopic (exact) mass is 473 g/mol. The van der Waals surface area contributed by atoms with Gasteiger partial charge in [0, 0.05) is 12.5 Å². The van der Waals surface area contributed by atoms with Crippen molar-refractivity contribution in [2.45, 2.75) is 31.1 Å². The number of ether oxygens (including phenoxy) is 1. The molecule has 0 heterocycles. The van der Waals surface area contributed by atoms with Crippen LogP contribution < -0.4 is 16.4 Å². The molecule has 5 N–H and O–H groups in total. The number of fused-ring (bicyclic) bond motifs is 3. The van der Waals surface area contributed by atoms with Crippen LogP contribution in [0.2, 0.25) is 0 Å². The van der Waals surface area contributed by atoms with Crippen LogP contribution in [0.15, 0.2) is 78.9 Å². The summed E-state index contributed by atoms with van der Waals surface area (Å²) < 4.78 is 5.09. The van der Waals surface area contributed by atoms with Crippen molar-refractivity contribution >= 4 is 17.9 Å². The van der Waals surface area contributed by atoms with Crippen LogP contribution in [0.4, 0.5) is 4.79 Å². The fraction of sp³-hybridized carbons (Fsp3) is 0.222. The van der Waals surface area contributed by atoms with Gasteiger partial charge < -0.3 is 26.2 Å². The Morgan fingerprint density at radius 1 is 0.886 bits per heavy atom. The summed E-state index contributed by atoms with van der Waals surface area (Å²) in [5.74, 6) is -1.67. The average Bonchev–Trinajstić information content (AvgIpc) is 3.19. The summed E-state index contributed by atoms with van der Waals surface area (Å²) in [6.45, 7) is -0.0920. The molecule has 4 rings (SSSR count). The Labute approximate surface area is 203 Å². The molecule has 0 radical (unpaired) electrons. The van der Waals surface area contributed by atoms with Crippen molar-refractivity contribution in [1.82, 2.24) is 10.6 Å². The molecule has 0 saturated heterocycles. The molecule has 180 valence electrons. The fourth-order valence-corrected chi connectivity index (χ4v) is 4.37. The predicted molar refractivity (Wildman–Crippen MR) is 130 cm³/mol. The highest BCUT2D eigenvalue weighted by atomic mass is 16.5. The maximum atomic E-state index is 12.7. The van der Waals surface area contributed by atoms with Crippen molar-refractivity contribution in [3.8, 4) is 11.1 Å². The molecule has 3 amide bonds. The summed E-state index contributed by atoms with van der Waals surface area (Å²) in [7, 11) is 0. The number of primary amides is 1. The molecular formula is C27H27N3O5. The van der Waals surface area contributed by atoms with Gasteiger partial charge in [-0.3, -0.25) is 9.59 Å². The van der Waals surface area contributed by atoms with Gasteiger partial charge >= 0.3 is 6.09 Å². The first kappa shape index (κ1) is 24.0. The molecule has 35 heavy (non-hydrogen) atoms. The Morgan fingerprint density at radius 3 is 2.06 bits per heavy atom. The van der Waals surface area contributed by atoms with Crippen molar-refractivity contribution in [3.05, 3.63) is 95.6 Å². The number of nitrogens with one attached hydrogen (secondary N) is 2. The van der Waals surface area contributed by atoms with E-state index < -0.39 is 36.0 Å². The van der Waals surface area contributed by atoms with Gasteiger partial charge in [0.15, 0.2) is 0 Å². The number of carbonyl (C=O) groups is 3. The number of benzene rings is 3. The molecule has 0 aromatic heterocycles. The van der Waals surface area contributed by atoms with E-state index in [-0.39, 0.29) is 19.6 Å². The van der Waals surface area contributed by atoms with E-state index in [0.29, 0.717) is 0 Å². The van der Waals surface area contributed by atoms with Crippen molar-refractivity contribution in [2.24, 2.45) is 5.73 Å². The lowest BCUT2D eigenvalue weighted by Gasteiger charge is -2.24. The van der Waals surface area contributed by atoms with E-state index in [2.05, 4.69) is 10.6 Å². The smallest absolute Gasteiger partial charge is 0.407 e. The quantitative estimate of drug-likeness (QED) is 0.379. The van der Waals surface area contributed by atoms with Gasteiger partial charge in [0.05, 0.1) is 12.5 Å². The van der Waals surface area contributed by atoms with Gasteiger partial charge in [0.25, 0.3) is 0 Å². The van der Waals surface area contributed by atoms with E-state index in [4.69, 9.17) is 10.5 Å². The van der Waals surface area contributed by atoms with Gasteiger partial charge in [-0.2, -0.15) is 0 Å². The van der Waals surface area contributed by atoms with Gasteiger partial charge in [0.2, 0.25) is 11.8 Å². The SMILES string of the molecule is NC(=O)[C@H](NC(=O)C[C@H](O)CNC(=O)OCc1ccccc1)C1c2ccccc2-c2ccccc21. The number of alkyl carbamates (subject to hydrolysis) is 1. The zero-order chi connectivity index (χ0) is 24.8. The van der Waals surface area contributed by atoms with Crippen molar-refractivity contribution in [3.63, 3.8) is 0 Å². The van der Waals surface area contributed by atoms with Gasteiger partial charge in [0.1, 0.15) is 12.6 Å². The lowest BCUT2D eigenvalue weighted by atomic mass is 9.88. The Balaban J connectivity index is 1.34. The zero-order valence-electron chi connectivity index (χ0n) is 19.0. The van der Waals surface area contributed by atoms with Crippen LogP contribution in [-0.4, -0.2) is 41.7 Å². The Hall–Kier alpha value is -4.17. The summed E-state index contributed by atoms with van der Waals surface area (Å²) in [5.41, 5.74) is 10.3. The average molecular weight is 474 g/mol. The summed E-state index contributed by atoms with van der Waals surface area (Å²) in [6, 6.07) is 23.6. The van der Waals surface area contributed by atoms with E-state index in [9.17, 15) is 19.5 Å². The first-order valence-electron chi connectivity index (χ1n) is 11.3. The zero-order valence-corrected chi connectivity index (χ0v) is 19.0. The van der Waals surface area contributed by atoms with Crippen LogP contribution in [0.3, 0.4) is 0 Å². The molecule has 3 aromatic carbocycles. The van der Waals surface area contributed by atoms with E-state index in [1.54, 1.807) is 0 Å². The Bertz CT molecular complexity index is 1170. The molecule has 2 atom stereocenters. The van der Waals surface area contributed by atoms with E-state index in [1.807, 2.05) is 78.9 Å². The lowest BCUT2D eigenvalue weighted by Crippen LogP contribution is -2.49. The standard InChI is InChI=1S/C27H27N3O5/c28-26(33)25(24-21-12-6-4-10-19(21)20-11-5-7-13-22(20)24)30-23(32)14-18(31)15-29-27(34)35-16-17-8-2-1-3-9-17/h1-13,18,24-25,31H,14-16H2,(H2,28,33)(H,29,34)(H,30,32)/t18-,25+/m0/s1. The third-order valence-electron chi connectivity index (χ3n) is 5.95. The van der Waals surface area contributed by atoms with Crippen molar-refractivity contribution in [1.29, 1.82) is 0 Å². The lowest BCUT2D eigenvalue weighted by molar-refractivity contribution is -0.128. The number of nitrogens with two attached hydrogens (primary N) is 1. The molecule has 0 saturated carbocycles. The van der Waals surface area contributed by atoms with Gasteiger partial charge in [-0.15, -0.1) is 0 Å². The summed E-state index contributed by atoms with van der Waals surface area (Å²) in [4.78, 5) is 37.0. The predicted octanol–water partition coefficient (Wildman–Crippen LogP) is 2.45. The van der Waals surface area contributed by atoms with Crippen molar-refractivity contribution in [2.75, 3.05) is 6.54 Å². The molecule has 0 spiro atoms. The molecule has 1 aliphatic carbocycles. The molecule has 0 aliphatic heterocycles. The van der Waals surface area contributed by atoms with Crippen LogP contribution in [0.1, 0.15) is 29.0 Å². The molecule has 8 heteroatoms. The minimum absolute atomic E-state index is 0.0912. The fourth-order valence-electron chi connectivity index (χ4n) is 4.37. The summed E-state index contributed by atoms with van der Waals surface area (Å²) in [6.07, 6.45) is -2.20. The number of rotatable bonds is 9. The number of aliphatic hydroxyl groups is 1. The molecule has 1 aliphatic rings. The van der Waals surface area contributed by atoms with Gasteiger partial charge in [-0.05, 0) is 27.8 Å². The highest BCUT2D eigenvalue weighted by Crippen LogP contribution is 2.46. The second-order valence-electron chi connectivity index (χ2n) is 8.40. The normalized spacial score (nSPS) is 13.7. The molecule has 0 bridgehead atoms. The van der Waals surface area contributed by atoms with Crippen molar-refractivity contribution < 1.29 is 24.2 Å². The van der Waals surface area contributed by atoms with E-state index >= 15 is 0 Å². The second kappa shape index (κ2) is 10.8. The molecular weight excluding hydrogens is 446 g/mol. The number of hydrogen-bond acceptors (Lipinski definition) is 5. The summed E-state index contributed by atoms with van der Waals surface area (Å²) in [5, 5.41) is 15.4. The minimum Gasteiger partial charge on any atom is -0.445 e. The molecule has 3 aromatic rings. The molecule has 0 fully saturated rings. The Kier molecular flexibility index (Phi) is 7.42. The van der Waals surface area contributed by atoms with Crippen LogP contribution in [0, 0.1) is 0 Å². The second-order valence-corrected chi connectivity index (χ2v) is 8.40. The van der Waals surface area contributed by atoms with Crippen LogP contribution in [0.5, 0.6) is 0 Å². The van der Waals surface area contributed by atoms with Crippen LogP contribution in [0.25, 0.3) is 11.1 Å². The largest absolute Gasteiger partial charge is 0.445 e. The molecule has 8 nitrogen and oxygen atoms in total. The molecule has 0 unspecified atom stereocenters. The highest BCUT2D eigenvalue weighted by Gasteiger charge is 2.38. The number of aliphatic hydroxyl groups excluding tert-OH is 1. The third kappa shape index (κ3) is 5.67. The Morgan fingerprint density at radius 2 is 1.46 bits per heavy atom. The number of carbonyl (C=O) groups excluding carboxylic acids is 3. The maximum Gasteiger partial charge on any atom is 0.407 e. The van der Waals surface area contributed by atoms with Gasteiger partial charge in [-0.1, -0.05) is 78.9 Å². The minimum atomic E-state index is -1.17. The number of amides is 3. The third-order valence-corrected chi connectivity index (χ3v) is 5.95. The first-order chi connectivity index (χ1) is 16.9. The first-order valence-corrected chi connectivity index (χ1v) is 11.3. The van der Waals surface area contributed by atoms with Gasteiger partial charge in [-0.25, -0.2) is 4.79 Å². The highest BCUT2D eigenvalue weighted by molar-refractivity contribution is 5.91. The van der Waals surface area contributed by atoms with E-state index in [1.165, 1.54) is 0 Å². The van der Waals surface area contributed by atoms with Crippen LogP contribution >= 0.6 is 0 Å². The summed E-state index contributed by atoms with van der Waals surface area (Å²) >= 11 is 0. The van der Waals surface area contributed by atoms with E-state index in [0.717, 1.165) is 27.8 Å². The van der Waals surface area contributed by atoms with Crippen LogP contribution in [-0.2, 0) is 20.9 Å². The number of hydrogen-bond donors (Lipinski definition) is 4. The topological polar surface area (TPSA) is 131 Å². The maximum absolute atomic E-state index is 12.7.